The number of aromatic amines is 1. The molecule has 0 aliphatic heterocycles. The van der Waals surface area contributed by atoms with Crippen molar-refractivity contribution in [2.75, 3.05) is 0 Å². The molecule has 1 N–H and O–H groups in total. The van der Waals surface area contributed by atoms with E-state index < -0.39 is 0 Å². The van der Waals surface area contributed by atoms with Crippen molar-refractivity contribution in [1.29, 1.82) is 0 Å². The van der Waals surface area contributed by atoms with E-state index in [4.69, 9.17) is 0 Å². The highest BCUT2D eigenvalue weighted by molar-refractivity contribution is 7.99. The van der Waals surface area contributed by atoms with Crippen LogP contribution in [0.1, 0.15) is 17.7 Å². The SMILES string of the molecule is C[C@@H](Sc1nc2c(cnn2-c2ccccc2)c(=O)[nH]1)c1ccccc1. The molecule has 0 saturated heterocycles. The Morgan fingerprint density at radius 3 is 2.44 bits per heavy atom. The third-order valence-corrected chi connectivity index (χ3v) is 5.02. The molecule has 0 aliphatic rings. The van der Waals surface area contributed by atoms with Gasteiger partial charge in [-0.05, 0) is 24.6 Å². The number of benzene rings is 2. The zero-order chi connectivity index (χ0) is 17.2. The molecular weight excluding hydrogens is 332 g/mol. The number of aromatic nitrogens is 4. The maximum atomic E-state index is 12.4. The fourth-order valence-corrected chi connectivity index (χ4v) is 3.59. The van der Waals surface area contributed by atoms with E-state index in [1.807, 2.05) is 48.5 Å². The van der Waals surface area contributed by atoms with Gasteiger partial charge in [0.25, 0.3) is 5.56 Å². The number of fused-ring (bicyclic) bond motifs is 1. The highest BCUT2D eigenvalue weighted by atomic mass is 32.2. The smallest absolute Gasteiger partial charge is 0.262 e. The van der Waals surface area contributed by atoms with Crippen LogP contribution >= 0.6 is 11.8 Å². The molecule has 0 fully saturated rings. The summed E-state index contributed by atoms with van der Waals surface area (Å²) in [5.74, 6) is 0. The molecule has 6 heteroatoms. The van der Waals surface area contributed by atoms with E-state index in [9.17, 15) is 4.79 Å². The Balaban J connectivity index is 1.75. The van der Waals surface area contributed by atoms with Crippen molar-refractivity contribution in [1.82, 2.24) is 19.7 Å². The Bertz CT molecular complexity index is 1060. The zero-order valence-electron chi connectivity index (χ0n) is 13.6. The molecule has 4 rings (SSSR count). The molecule has 0 amide bonds. The molecular formula is C19H16N4OS. The monoisotopic (exact) mass is 348 g/mol. The molecule has 25 heavy (non-hydrogen) atoms. The van der Waals surface area contributed by atoms with E-state index in [0.717, 1.165) is 5.69 Å². The van der Waals surface area contributed by atoms with Gasteiger partial charge in [-0.3, -0.25) is 4.79 Å². The molecule has 5 nitrogen and oxygen atoms in total. The number of nitrogens with zero attached hydrogens (tertiary/aromatic N) is 3. The minimum absolute atomic E-state index is 0.171. The van der Waals surface area contributed by atoms with Crippen molar-refractivity contribution in [2.24, 2.45) is 0 Å². The molecule has 0 aliphatic carbocycles. The maximum absolute atomic E-state index is 12.4. The number of hydrogen-bond acceptors (Lipinski definition) is 4. The van der Waals surface area contributed by atoms with Crippen LogP contribution in [-0.4, -0.2) is 19.7 Å². The summed E-state index contributed by atoms with van der Waals surface area (Å²) in [6, 6.07) is 19.8. The normalized spacial score (nSPS) is 12.4. The second-order valence-electron chi connectivity index (χ2n) is 5.67. The zero-order valence-corrected chi connectivity index (χ0v) is 14.4. The molecule has 2 heterocycles. The van der Waals surface area contributed by atoms with Gasteiger partial charge >= 0.3 is 0 Å². The van der Waals surface area contributed by atoms with Crippen molar-refractivity contribution in [3.05, 3.63) is 82.8 Å². The van der Waals surface area contributed by atoms with Crippen molar-refractivity contribution < 1.29 is 0 Å². The number of hydrogen-bond donors (Lipinski definition) is 1. The summed E-state index contributed by atoms with van der Waals surface area (Å²) >= 11 is 1.53. The van der Waals surface area contributed by atoms with Crippen molar-refractivity contribution in [3.63, 3.8) is 0 Å². The lowest BCUT2D eigenvalue weighted by atomic mass is 10.2. The number of para-hydroxylation sites is 1. The van der Waals surface area contributed by atoms with Crippen LogP contribution < -0.4 is 5.56 Å². The van der Waals surface area contributed by atoms with Gasteiger partial charge in [0.1, 0.15) is 5.39 Å². The van der Waals surface area contributed by atoms with E-state index in [-0.39, 0.29) is 10.8 Å². The Hall–Kier alpha value is -2.86. The summed E-state index contributed by atoms with van der Waals surface area (Å²) in [6.45, 7) is 2.10. The van der Waals surface area contributed by atoms with Crippen LogP contribution in [0, 0.1) is 0 Å². The van der Waals surface area contributed by atoms with Gasteiger partial charge in [0.2, 0.25) is 0 Å². The Morgan fingerprint density at radius 1 is 1.04 bits per heavy atom. The van der Waals surface area contributed by atoms with Crippen LogP contribution in [0.4, 0.5) is 0 Å². The fraction of sp³-hybridized carbons (Fsp3) is 0.105. The van der Waals surface area contributed by atoms with Gasteiger partial charge in [0, 0.05) is 5.25 Å². The summed E-state index contributed by atoms with van der Waals surface area (Å²) in [4.78, 5) is 19.9. The summed E-state index contributed by atoms with van der Waals surface area (Å²) in [5.41, 5.74) is 2.46. The number of nitrogens with one attached hydrogen (secondary N) is 1. The first kappa shape index (κ1) is 15.7. The summed E-state index contributed by atoms with van der Waals surface area (Å²) in [5, 5.41) is 5.58. The highest BCUT2D eigenvalue weighted by Gasteiger charge is 2.14. The minimum atomic E-state index is -0.171. The summed E-state index contributed by atoms with van der Waals surface area (Å²) < 4.78 is 1.70. The van der Waals surface area contributed by atoms with Gasteiger partial charge < -0.3 is 4.98 Å². The first-order valence-electron chi connectivity index (χ1n) is 7.97. The van der Waals surface area contributed by atoms with Crippen LogP contribution in [0.15, 0.2) is 76.8 Å². The second kappa shape index (κ2) is 6.57. The lowest BCUT2D eigenvalue weighted by Gasteiger charge is -2.10. The number of rotatable bonds is 4. The molecule has 2 aromatic carbocycles. The Kier molecular flexibility index (Phi) is 4.11. The molecule has 0 unspecified atom stereocenters. The molecule has 0 saturated carbocycles. The predicted molar refractivity (Wildman–Crippen MR) is 100 cm³/mol. The van der Waals surface area contributed by atoms with E-state index in [1.54, 1.807) is 10.9 Å². The van der Waals surface area contributed by atoms with Crippen molar-refractivity contribution in [3.8, 4) is 5.69 Å². The first-order chi connectivity index (χ1) is 12.2. The Morgan fingerprint density at radius 2 is 1.72 bits per heavy atom. The molecule has 1 atom stereocenters. The van der Waals surface area contributed by atoms with Crippen LogP contribution in [0.2, 0.25) is 0 Å². The third kappa shape index (κ3) is 3.08. The molecule has 0 spiro atoms. The van der Waals surface area contributed by atoms with Gasteiger partial charge in [-0.15, -0.1) is 0 Å². The van der Waals surface area contributed by atoms with Crippen LogP contribution in [-0.2, 0) is 0 Å². The van der Waals surface area contributed by atoms with E-state index in [0.29, 0.717) is 16.2 Å². The van der Waals surface area contributed by atoms with E-state index >= 15 is 0 Å². The summed E-state index contributed by atoms with van der Waals surface area (Å²) in [7, 11) is 0. The first-order valence-corrected chi connectivity index (χ1v) is 8.85. The quantitative estimate of drug-likeness (QED) is 0.448. The van der Waals surface area contributed by atoms with E-state index in [2.05, 4.69) is 34.1 Å². The van der Waals surface area contributed by atoms with Gasteiger partial charge in [-0.2, -0.15) is 5.10 Å². The van der Waals surface area contributed by atoms with Crippen molar-refractivity contribution >= 4 is 22.8 Å². The standard InChI is InChI=1S/C19H16N4OS/c1-13(14-8-4-2-5-9-14)25-19-21-17-16(18(24)22-19)12-20-23(17)15-10-6-3-7-11-15/h2-13H,1H3,(H,21,22,24)/t13-/m1/s1. The van der Waals surface area contributed by atoms with Crippen LogP contribution in [0.25, 0.3) is 16.7 Å². The topological polar surface area (TPSA) is 63.6 Å². The third-order valence-electron chi connectivity index (χ3n) is 3.97. The molecule has 0 radical (unpaired) electrons. The molecule has 2 aromatic heterocycles. The predicted octanol–water partition coefficient (Wildman–Crippen LogP) is 3.96. The van der Waals surface area contributed by atoms with Crippen LogP contribution in [0.3, 0.4) is 0 Å². The highest BCUT2D eigenvalue weighted by Crippen LogP contribution is 2.32. The largest absolute Gasteiger partial charge is 0.301 e. The number of thioether (sulfide) groups is 1. The van der Waals surface area contributed by atoms with Gasteiger partial charge in [0.05, 0.1) is 11.9 Å². The molecule has 4 aromatic rings. The Labute approximate surface area is 148 Å². The summed E-state index contributed by atoms with van der Waals surface area (Å²) in [6.07, 6.45) is 1.56. The average molecular weight is 348 g/mol. The molecule has 0 bridgehead atoms. The fourth-order valence-electron chi connectivity index (χ4n) is 2.67. The number of H-pyrrole nitrogens is 1. The lowest BCUT2D eigenvalue weighted by molar-refractivity contribution is 0.871. The maximum Gasteiger partial charge on any atom is 0.262 e. The van der Waals surface area contributed by atoms with Gasteiger partial charge in [-0.1, -0.05) is 60.3 Å². The second-order valence-corrected chi connectivity index (χ2v) is 7.00. The minimum Gasteiger partial charge on any atom is -0.301 e. The van der Waals surface area contributed by atoms with Crippen molar-refractivity contribution in [2.45, 2.75) is 17.3 Å². The lowest BCUT2D eigenvalue weighted by Crippen LogP contribution is -2.10. The van der Waals surface area contributed by atoms with Gasteiger partial charge in [-0.25, -0.2) is 9.67 Å². The molecule has 124 valence electrons. The average Bonchev–Trinajstić information content (AvgIpc) is 3.07. The van der Waals surface area contributed by atoms with Gasteiger partial charge in [0.15, 0.2) is 10.8 Å². The van der Waals surface area contributed by atoms with Crippen LogP contribution in [0.5, 0.6) is 0 Å². The van der Waals surface area contributed by atoms with E-state index in [1.165, 1.54) is 17.3 Å².